The summed E-state index contributed by atoms with van der Waals surface area (Å²) in [5.74, 6) is -0.0354. The fraction of sp³-hybridized carbons (Fsp3) is 0.350. The van der Waals surface area contributed by atoms with Gasteiger partial charge in [-0.2, -0.15) is 13.2 Å². The molecule has 0 aromatic heterocycles. The summed E-state index contributed by atoms with van der Waals surface area (Å²) in [6, 6.07) is 9.09. The maximum absolute atomic E-state index is 12.8. The maximum atomic E-state index is 12.8. The summed E-state index contributed by atoms with van der Waals surface area (Å²) >= 11 is 0. The van der Waals surface area contributed by atoms with E-state index in [4.69, 9.17) is 4.74 Å². The highest BCUT2D eigenvalue weighted by atomic mass is 32.2. The lowest BCUT2D eigenvalue weighted by atomic mass is 9.97. The van der Waals surface area contributed by atoms with Gasteiger partial charge in [0.25, 0.3) is 15.9 Å². The van der Waals surface area contributed by atoms with Gasteiger partial charge in [0.2, 0.25) is 0 Å². The van der Waals surface area contributed by atoms with Crippen LogP contribution in [0.1, 0.15) is 26.3 Å². The molecular weight excluding hydrogens is 421 g/mol. The molecule has 30 heavy (non-hydrogen) atoms. The van der Waals surface area contributed by atoms with Crippen LogP contribution in [0.4, 0.5) is 18.9 Å². The van der Waals surface area contributed by atoms with E-state index in [1.54, 1.807) is 0 Å². The topological polar surface area (TPSA) is 84.5 Å². The van der Waals surface area contributed by atoms with Gasteiger partial charge in [0.1, 0.15) is 5.75 Å². The van der Waals surface area contributed by atoms with E-state index in [1.807, 2.05) is 20.8 Å². The third-order valence-electron chi connectivity index (χ3n) is 3.76. The second-order valence-corrected chi connectivity index (χ2v) is 9.46. The molecule has 0 fully saturated rings. The number of amides is 1. The van der Waals surface area contributed by atoms with Crippen molar-refractivity contribution < 1.29 is 31.1 Å². The molecule has 0 aliphatic heterocycles. The molecule has 0 bridgehead atoms. The molecule has 0 aliphatic rings. The second kappa shape index (κ2) is 8.95. The minimum atomic E-state index is -4.58. The molecule has 2 rings (SSSR count). The number of hydrogen-bond donors (Lipinski definition) is 2. The Balaban J connectivity index is 2.00. The van der Waals surface area contributed by atoms with Crippen LogP contribution in [0, 0.1) is 5.41 Å². The number of carbonyl (C=O) groups is 1. The summed E-state index contributed by atoms with van der Waals surface area (Å²) in [6.45, 7) is 6.17. The quantitative estimate of drug-likeness (QED) is 0.675. The fourth-order valence-electron chi connectivity index (χ4n) is 2.25. The Morgan fingerprint density at radius 3 is 2.23 bits per heavy atom. The number of carbonyl (C=O) groups excluding carboxylic acids is 1. The average molecular weight is 444 g/mol. The highest BCUT2D eigenvalue weighted by Gasteiger charge is 2.30. The number of anilines is 1. The van der Waals surface area contributed by atoms with Gasteiger partial charge in [-0.05, 0) is 47.9 Å². The number of hydrogen-bond acceptors (Lipinski definition) is 4. The molecule has 2 aromatic carbocycles. The molecule has 0 unspecified atom stereocenters. The van der Waals surface area contributed by atoms with Crippen molar-refractivity contribution in [2.24, 2.45) is 5.41 Å². The summed E-state index contributed by atoms with van der Waals surface area (Å²) in [4.78, 5) is 11.6. The Hall–Kier alpha value is -2.75. The summed E-state index contributed by atoms with van der Waals surface area (Å²) in [6.07, 6.45) is -4.58. The third-order valence-corrected chi connectivity index (χ3v) is 5.16. The number of sulfonamides is 1. The molecule has 0 atom stereocenters. The van der Waals surface area contributed by atoms with Gasteiger partial charge in [0.05, 0.1) is 10.5 Å². The van der Waals surface area contributed by atoms with Crippen molar-refractivity contribution in [1.29, 1.82) is 0 Å². The van der Waals surface area contributed by atoms with Crippen molar-refractivity contribution in [3.05, 3.63) is 54.1 Å². The predicted molar refractivity (Wildman–Crippen MR) is 107 cm³/mol. The highest BCUT2D eigenvalue weighted by molar-refractivity contribution is 7.92. The smallest absolute Gasteiger partial charge is 0.416 e. The monoisotopic (exact) mass is 444 g/mol. The fourth-order valence-corrected chi connectivity index (χ4v) is 3.30. The zero-order chi connectivity index (χ0) is 22.6. The van der Waals surface area contributed by atoms with Gasteiger partial charge >= 0.3 is 6.18 Å². The zero-order valence-electron chi connectivity index (χ0n) is 16.7. The van der Waals surface area contributed by atoms with Crippen LogP contribution < -0.4 is 14.8 Å². The van der Waals surface area contributed by atoms with Crippen LogP contribution >= 0.6 is 0 Å². The van der Waals surface area contributed by atoms with Crippen molar-refractivity contribution in [3.8, 4) is 5.75 Å². The van der Waals surface area contributed by atoms with Gasteiger partial charge in [-0.1, -0.05) is 26.8 Å². The number of nitrogens with one attached hydrogen (secondary N) is 2. The second-order valence-electron chi connectivity index (χ2n) is 7.78. The minimum absolute atomic E-state index is 0.0711. The first-order valence-corrected chi connectivity index (χ1v) is 10.4. The van der Waals surface area contributed by atoms with E-state index in [0.717, 1.165) is 12.1 Å². The van der Waals surface area contributed by atoms with Crippen LogP contribution in [0.15, 0.2) is 53.4 Å². The van der Waals surface area contributed by atoms with Gasteiger partial charge in [-0.25, -0.2) is 8.42 Å². The standard InChI is InChI=1S/C20H23F3N2O4S/c1-19(2,3)13-24-18(26)12-29-16-7-9-17(10-8-16)30(27,28)25-15-6-4-5-14(11-15)20(21,22)23/h4-11,25H,12-13H2,1-3H3,(H,24,26). The summed E-state index contributed by atoms with van der Waals surface area (Å²) in [5, 5.41) is 2.72. The van der Waals surface area contributed by atoms with E-state index in [-0.39, 0.29) is 34.3 Å². The SMILES string of the molecule is CC(C)(C)CNC(=O)COc1ccc(S(=O)(=O)Nc2cccc(C(F)(F)F)c2)cc1. The maximum Gasteiger partial charge on any atom is 0.416 e. The Labute approximate surface area is 173 Å². The number of ether oxygens (including phenoxy) is 1. The molecule has 0 spiro atoms. The van der Waals surface area contributed by atoms with E-state index in [1.165, 1.54) is 30.3 Å². The molecule has 0 saturated heterocycles. The van der Waals surface area contributed by atoms with E-state index >= 15 is 0 Å². The molecule has 10 heteroatoms. The van der Waals surface area contributed by atoms with Crippen LogP contribution in [-0.4, -0.2) is 27.5 Å². The molecule has 2 aromatic rings. The van der Waals surface area contributed by atoms with Crippen LogP contribution in [-0.2, 0) is 21.0 Å². The van der Waals surface area contributed by atoms with E-state index in [0.29, 0.717) is 12.6 Å². The van der Waals surface area contributed by atoms with Crippen molar-refractivity contribution in [2.75, 3.05) is 17.9 Å². The average Bonchev–Trinajstić information content (AvgIpc) is 2.63. The van der Waals surface area contributed by atoms with E-state index in [9.17, 15) is 26.4 Å². The first-order valence-electron chi connectivity index (χ1n) is 8.96. The van der Waals surface area contributed by atoms with Crippen LogP contribution in [0.25, 0.3) is 0 Å². The molecule has 0 radical (unpaired) electrons. The van der Waals surface area contributed by atoms with Gasteiger partial charge in [-0.3, -0.25) is 9.52 Å². The van der Waals surface area contributed by atoms with Crippen molar-refractivity contribution in [3.63, 3.8) is 0 Å². The molecule has 164 valence electrons. The van der Waals surface area contributed by atoms with Crippen molar-refractivity contribution >= 4 is 21.6 Å². The summed E-state index contributed by atoms with van der Waals surface area (Å²) < 4.78 is 70.6. The lowest BCUT2D eigenvalue weighted by molar-refractivity contribution is -0.137. The van der Waals surface area contributed by atoms with Crippen LogP contribution in [0.2, 0.25) is 0 Å². The lowest BCUT2D eigenvalue weighted by Gasteiger charge is -2.18. The van der Waals surface area contributed by atoms with Gasteiger partial charge in [-0.15, -0.1) is 0 Å². The third kappa shape index (κ3) is 7.25. The summed E-state index contributed by atoms with van der Waals surface area (Å²) in [7, 11) is -4.10. The number of rotatable bonds is 7. The van der Waals surface area contributed by atoms with Gasteiger partial charge in [0.15, 0.2) is 6.61 Å². The van der Waals surface area contributed by atoms with Crippen LogP contribution in [0.5, 0.6) is 5.75 Å². The largest absolute Gasteiger partial charge is 0.484 e. The first-order chi connectivity index (χ1) is 13.8. The van der Waals surface area contributed by atoms with Crippen molar-refractivity contribution in [1.82, 2.24) is 5.32 Å². The normalized spacial score (nSPS) is 12.3. The Bertz CT molecular complexity index is 982. The Morgan fingerprint density at radius 1 is 1.03 bits per heavy atom. The molecule has 0 aliphatic carbocycles. The molecule has 1 amide bonds. The summed E-state index contributed by atoms with van der Waals surface area (Å²) in [5.41, 5.74) is -1.24. The lowest BCUT2D eigenvalue weighted by Crippen LogP contribution is -2.35. The molecule has 0 saturated carbocycles. The van der Waals surface area contributed by atoms with Gasteiger partial charge < -0.3 is 10.1 Å². The van der Waals surface area contributed by atoms with E-state index in [2.05, 4.69) is 10.0 Å². The number of halogens is 3. The number of benzene rings is 2. The molecule has 0 heterocycles. The Morgan fingerprint density at radius 2 is 1.67 bits per heavy atom. The molecular formula is C20H23F3N2O4S. The molecule has 6 nitrogen and oxygen atoms in total. The van der Waals surface area contributed by atoms with E-state index < -0.39 is 21.8 Å². The number of alkyl halides is 3. The Kier molecular flexibility index (Phi) is 7.02. The predicted octanol–water partition coefficient (Wildman–Crippen LogP) is 4.05. The van der Waals surface area contributed by atoms with Crippen LogP contribution in [0.3, 0.4) is 0 Å². The zero-order valence-corrected chi connectivity index (χ0v) is 17.5. The first kappa shape index (κ1) is 23.5. The highest BCUT2D eigenvalue weighted by Crippen LogP contribution is 2.31. The molecule has 2 N–H and O–H groups in total. The van der Waals surface area contributed by atoms with Crippen molar-refractivity contribution in [2.45, 2.75) is 31.8 Å². The van der Waals surface area contributed by atoms with Gasteiger partial charge in [0, 0.05) is 12.2 Å². The minimum Gasteiger partial charge on any atom is -0.484 e.